The first-order valence-corrected chi connectivity index (χ1v) is 6.95. The Morgan fingerprint density at radius 3 is 2.75 bits per heavy atom. The van der Waals surface area contributed by atoms with Crippen LogP contribution in [0.25, 0.3) is 0 Å². The van der Waals surface area contributed by atoms with Crippen molar-refractivity contribution >= 4 is 11.6 Å². The third-order valence-electron chi connectivity index (χ3n) is 3.49. The van der Waals surface area contributed by atoms with Crippen LogP contribution < -0.4 is 15.2 Å². The van der Waals surface area contributed by atoms with Gasteiger partial charge in [0.25, 0.3) is 0 Å². The molecule has 0 radical (unpaired) electrons. The lowest BCUT2D eigenvalue weighted by Gasteiger charge is -2.23. The summed E-state index contributed by atoms with van der Waals surface area (Å²) in [5.74, 6) is 1.49. The van der Waals surface area contributed by atoms with Crippen molar-refractivity contribution in [2.75, 3.05) is 13.2 Å². The molecule has 1 unspecified atom stereocenters. The van der Waals surface area contributed by atoms with Gasteiger partial charge in [0, 0.05) is 10.6 Å². The van der Waals surface area contributed by atoms with Gasteiger partial charge in [-0.25, -0.2) is 0 Å². The minimum absolute atomic E-state index is 0.287. The number of benzene rings is 2. The standard InChI is InChI=1S/C16H16ClNO2/c1-10-5-6-11(9-13(10)17)15(18)12-3-2-4-14-16(12)20-8-7-19-14/h2-6,9,15H,7-8,18H2,1H3. The summed E-state index contributed by atoms with van der Waals surface area (Å²) in [5, 5.41) is 0.722. The van der Waals surface area contributed by atoms with Crippen LogP contribution in [-0.2, 0) is 0 Å². The Labute approximate surface area is 123 Å². The fourth-order valence-electron chi connectivity index (χ4n) is 2.32. The topological polar surface area (TPSA) is 44.5 Å². The van der Waals surface area contributed by atoms with Crippen molar-refractivity contribution in [3.8, 4) is 11.5 Å². The lowest BCUT2D eigenvalue weighted by molar-refractivity contribution is 0.169. The van der Waals surface area contributed by atoms with Crippen molar-refractivity contribution in [2.24, 2.45) is 5.73 Å². The average molecular weight is 290 g/mol. The predicted octanol–water partition coefficient (Wildman–Crippen LogP) is 3.47. The Hall–Kier alpha value is -1.71. The molecule has 0 bridgehead atoms. The molecule has 2 aromatic carbocycles. The van der Waals surface area contributed by atoms with Gasteiger partial charge in [0.05, 0.1) is 6.04 Å². The fourth-order valence-corrected chi connectivity index (χ4v) is 2.51. The van der Waals surface area contributed by atoms with E-state index in [2.05, 4.69) is 0 Å². The molecule has 20 heavy (non-hydrogen) atoms. The van der Waals surface area contributed by atoms with Gasteiger partial charge in [-0.3, -0.25) is 0 Å². The summed E-state index contributed by atoms with van der Waals surface area (Å²) in [5.41, 5.74) is 9.28. The SMILES string of the molecule is Cc1ccc(C(N)c2cccc3c2OCCO3)cc1Cl. The predicted molar refractivity (Wildman–Crippen MR) is 79.7 cm³/mol. The maximum absolute atomic E-state index is 6.37. The van der Waals surface area contributed by atoms with Crippen LogP contribution in [0.5, 0.6) is 11.5 Å². The van der Waals surface area contributed by atoms with Crippen molar-refractivity contribution < 1.29 is 9.47 Å². The lowest BCUT2D eigenvalue weighted by atomic mass is 9.97. The van der Waals surface area contributed by atoms with E-state index in [9.17, 15) is 0 Å². The summed E-state index contributed by atoms with van der Waals surface area (Å²) >= 11 is 6.18. The second-order valence-electron chi connectivity index (χ2n) is 4.86. The van der Waals surface area contributed by atoms with Crippen LogP contribution in [0.2, 0.25) is 5.02 Å². The number of nitrogens with two attached hydrogens (primary N) is 1. The summed E-state index contributed by atoms with van der Waals surface area (Å²) in [6.45, 7) is 3.09. The van der Waals surface area contributed by atoms with E-state index in [1.165, 1.54) is 0 Å². The number of hydrogen-bond donors (Lipinski definition) is 1. The van der Waals surface area contributed by atoms with Crippen molar-refractivity contribution in [3.05, 3.63) is 58.1 Å². The summed E-state index contributed by atoms with van der Waals surface area (Å²) in [4.78, 5) is 0. The number of rotatable bonds is 2. The Balaban J connectivity index is 2.02. The molecule has 0 fully saturated rings. The third kappa shape index (κ3) is 2.35. The highest BCUT2D eigenvalue weighted by molar-refractivity contribution is 6.31. The molecule has 2 aromatic rings. The molecule has 2 N–H and O–H groups in total. The van der Waals surface area contributed by atoms with E-state index in [1.807, 2.05) is 43.3 Å². The van der Waals surface area contributed by atoms with Crippen molar-refractivity contribution in [2.45, 2.75) is 13.0 Å². The number of fused-ring (bicyclic) bond motifs is 1. The quantitative estimate of drug-likeness (QED) is 0.921. The second kappa shape index (κ2) is 5.35. The Morgan fingerprint density at radius 2 is 1.95 bits per heavy atom. The van der Waals surface area contributed by atoms with E-state index in [-0.39, 0.29) is 6.04 Å². The molecule has 1 aliphatic heterocycles. The number of ether oxygens (including phenoxy) is 2. The number of hydrogen-bond acceptors (Lipinski definition) is 3. The van der Waals surface area contributed by atoms with Crippen LogP contribution >= 0.6 is 11.6 Å². The molecule has 104 valence electrons. The van der Waals surface area contributed by atoms with Crippen LogP contribution in [0.4, 0.5) is 0 Å². The zero-order valence-corrected chi connectivity index (χ0v) is 12.0. The van der Waals surface area contributed by atoms with Crippen molar-refractivity contribution in [3.63, 3.8) is 0 Å². The zero-order valence-electron chi connectivity index (χ0n) is 11.2. The highest BCUT2D eigenvalue weighted by atomic mass is 35.5. The molecule has 0 spiro atoms. The highest BCUT2D eigenvalue weighted by Gasteiger charge is 2.21. The summed E-state index contributed by atoms with van der Waals surface area (Å²) in [6.07, 6.45) is 0. The molecule has 1 atom stereocenters. The van der Waals surface area contributed by atoms with Gasteiger partial charge in [-0.15, -0.1) is 0 Å². The van der Waals surface area contributed by atoms with Crippen LogP contribution in [0, 0.1) is 6.92 Å². The maximum Gasteiger partial charge on any atom is 0.166 e. The van der Waals surface area contributed by atoms with Gasteiger partial charge < -0.3 is 15.2 Å². The van der Waals surface area contributed by atoms with Gasteiger partial charge in [-0.2, -0.15) is 0 Å². The molecule has 1 aliphatic rings. The van der Waals surface area contributed by atoms with E-state index < -0.39 is 0 Å². The number of para-hydroxylation sites is 1. The number of aryl methyl sites for hydroxylation is 1. The Kier molecular flexibility index (Phi) is 3.55. The molecule has 3 nitrogen and oxygen atoms in total. The van der Waals surface area contributed by atoms with Gasteiger partial charge in [0.15, 0.2) is 11.5 Å². The first kappa shape index (κ1) is 13.3. The fraction of sp³-hybridized carbons (Fsp3) is 0.250. The number of halogens is 1. The van der Waals surface area contributed by atoms with Crippen LogP contribution in [0.1, 0.15) is 22.7 Å². The molecule has 0 amide bonds. The monoisotopic (exact) mass is 289 g/mol. The van der Waals surface area contributed by atoms with Crippen LogP contribution in [0.15, 0.2) is 36.4 Å². The molecule has 4 heteroatoms. The molecule has 0 aromatic heterocycles. The van der Waals surface area contributed by atoms with E-state index in [0.29, 0.717) is 13.2 Å². The lowest BCUT2D eigenvalue weighted by Crippen LogP contribution is -2.20. The first-order valence-electron chi connectivity index (χ1n) is 6.57. The van der Waals surface area contributed by atoms with Gasteiger partial charge in [0.1, 0.15) is 13.2 Å². The minimum Gasteiger partial charge on any atom is -0.486 e. The minimum atomic E-state index is -0.287. The highest BCUT2D eigenvalue weighted by Crippen LogP contribution is 2.38. The largest absolute Gasteiger partial charge is 0.486 e. The smallest absolute Gasteiger partial charge is 0.166 e. The average Bonchev–Trinajstić information content (AvgIpc) is 2.49. The van der Waals surface area contributed by atoms with E-state index >= 15 is 0 Å². The van der Waals surface area contributed by atoms with E-state index in [0.717, 1.165) is 33.2 Å². The van der Waals surface area contributed by atoms with Crippen molar-refractivity contribution in [1.29, 1.82) is 0 Å². The molecule has 0 aliphatic carbocycles. The van der Waals surface area contributed by atoms with Crippen LogP contribution in [0.3, 0.4) is 0 Å². The molecule has 3 rings (SSSR count). The second-order valence-corrected chi connectivity index (χ2v) is 5.26. The van der Waals surface area contributed by atoms with E-state index in [4.69, 9.17) is 26.8 Å². The van der Waals surface area contributed by atoms with Crippen molar-refractivity contribution in [1.82, 2.24) is 0 Å². The molecule has 0 saturated carbocycles. The Bertz CT molecular complexity index is 642. The summed E-state index contributed by atoms with van der Waals surface area (Å²) < 4.78 is 11.3. The molecule has 1 heterocycles. The van der Waals surface area contributed by atoms with Gasteiger partial charge in [0.2, 0.25) is 0 Å². The van der Waals surface area contributed by atoms with Gasteiger partial charge in [-0.1, -0.05) is 35.9 Å². The summed E-state index contributed by atoms with van der Waals surface area (Å²) in [7, 11) is 0. The molecule has 0 saturated heterocycles. The first-order chi connectivity index (χ1) is 9.66. The van der Waals surface area contributed by atoms with Crippen LogP contribution in [-0.4, -0.2) is 13.2 Å². The maximum atomic E-state index is 6.37. The normalized spacial score (nSPS) is 14.9. The molecular formula is C16H16ClNO2. The van der Waals surface area contributed by atoms with Gasteiger partial charge in [-0.05, 0) is 30.2 Å². The Morgan fingerprint density at radius 1 is 1.15 bits per heavy atom. The van der Waals surface area contributed by atoms with Gasteiger partial charge >= 0.3 is 0 Å². The third-order valence-corrected chi connectivity index (χ3v) is 3.89. The zero-order chi connectivity index (χ0) is 14.1. The molecular weight excluding hydrogens is 274 g/mol. The van der Waals surface area contributed by atoms with E-state index in [1.54, 1.807) is 0 Å². The summed E-state index contributed by atoms with van der Waals surface area (Å²) in [6, 6.07) is 11.4.